The van der Waals surface area contributed by atoms with Crippen molar-refractivity contribution in [3.63, 3.8) is 0 Å². The maximum absolute atomic E-state index is 12.4. The minimum atomic E-state index is -4.31. The smallest absolute Gasteiger partial charge is 0.397 e. The van der Waals surface area contributed by atoms with Gasteiger partial charge in [0.25, 0.3) is 5.91 Å². The number of nitrogens with zero attached hydrogens (tertiary/aromatic N) is 2. The van der Waals surface area contributed by atoms with E-state index in [1.165, 1.54) is 23.2 Å². The monoisotopic (exact) mass is 271 g/mol. The van der Waals surface area contributed by atoms with E-state index in [-0.39, 0.29) is 25.2 Å². The van der Waals surface area contributed by atoms with Crippen LogP contribution < -0.4 is 5.73 Å². The number of halogens is 3. The van der Waals surface area contributed by atoms with Crippen LogP contribution in [0.5, 0.6) is 0 Å². The number of amides is 1. The third kappa shape index (κ3) is 3.04. The first kappa shape index (κ1) is 13.4. The second-order valence-corrected chi connectivity index (χ2v) is 4.21. The van der Waals surface area contributed by atoms with Crippen molar-refractivity contribution >= 4 is 11.6 Å². The van der Waals surface area contributed by atoms with Gasteiger partial charge in [0.2, 0.25) is 0 Å². The summed E-state index contributed by atoms with van der Waals surface area (Å²) in [6.45, 7) is -0.0179. The van der Waals surface area contributed by atoms with Gasteiger partial charge >= 0.3 is 6.18 Å². The summed E-state index contributed by atoms with van der Waals surface area (Å²) in [6, 6.07) is 2.99. The summed E-state index contributed by atoms with van der Waals surface area (Å²) in [7, 11) is 0. The van der Waals surface area contributed by atoms with Crippen LogP contribution in [0, 0.1) is 0 Å². The fourth-order valence-electron chi connectivity index (χ4n) is 1.80. The van der Waals surface area contributed by atoms with Crippen molar-refractivity contribution in [3.8, 4) is 0 Å². The van der Waals surface area contributed by atoms with Crippen molar-refractivity contribution < 1.29 is 18.0 Å². The quantitative estimate of drug-likeness (QED) is 0.795. The Kier molecular flexibility index (Phi) is 3.46. The summed E-state index contributed by atoms with van der Waals surface area (Å²) < 4.78 is 37.3. The molecule has 0 spiro atoms. The summed E-state index contributed by atoms with van der Waals surface area (Å²) in [5.74, 6) is -0.391. The van der Waals surface area contributed by atoms with Crippen LogP contribution in [-0.2, 0) is 0 Å². The number of carbonyl (C=O) groups excluding carboxylic acids is 1. The molecule has 2 N–H and O–H groups in total. The number of carbonyl (C=O) groups is 1. The number of hydrogen-bond acceptors (Lipinski definition) is 3. The van der Waals surface area contributed by atoms with Crippen LogP contribution in [0.3, 0.4) is 0 Å². The van der Waals surface area contributed by atoms with E-state index in [1.54, 1.807) is 0 Å². The maximum Gasteiger partial charge on any atom is 0.412 e. The van der Waals surface area contributed by atoms with Gasteiger partial charge in [-0.05, 0) is 18.6 Å². The van der Waals surface area contributed by atoms with Crippen molar-refractivity contribution in [2.24, 2.45) is 0 Å². The lowest BCUT2D eigenvalue weighted by Crippen LogP contribution is -2.37. The van der Waals surface area contributed by atoms with Crippen LogP contribution in [0.2, 0.25) is 0 Å². The van der Waals surface area contributed by atoms with E-state index >= 15 is 0 Å². The second kappa shape index (κ2) is 4.91. The number of pyridine rings is 1. The van der Waals surface area contributed by atoms with Gasteiger partial charge in [0.05, 0.1) is 11.9 Å². The molecule has 1 aliphatic heterocycles. The standard InChI is InChI=1S/C12H12F3N3O/c13-12(14,15)8-3-5-18(6-4-8)11(19)10-2-1-9(16)7-17-10/h1-3,7H,4-6,16H2. The van der Waals surface area contributed by atoms with E-state index in [2.05, 4.69) is 4.98 Å². The Morgan fingerprint density at radius 3 is 2.58 bits per heavy atom. The van der Waals surface area contributed by atoms with Crippen LogP contribution >= 0.6 is 0 Å². The van der Waals surface area contributed by atoms with Crippen molar-refractivity contribution in [2.45, 2.75) is 12.6 Å². The Labute approximate surface area is 107 Å². The highest BCUT2D eigenvalue weighted by atomic mass is 19.4. The molecular weight excluding hydrogens is 259 g/mol. The lowest BCUT2D eigenvalue weighted by Gasteiger charge is -2.27. The molecule has 1 aromatic heterocycles. The van der Waals surface area contributed by atoms with Crippen molar-refractivity contribution in [3.05, 3.63) is 35.7 Å². The van der Waals surface area contributed by atoms with E-state index < -0.39 is 17.7 Å². The van der Waals surface area contributed by atoms with Gasteiger partial charge in [-0.3, -0.25) is 4.79 Å². The lowest BCUT2D eigenvalue weighted by molar-refractivity contribution is -0.0957. The predicted octanol–water partition coefficient (Wildman–Crippen LogP) is 2.00. The van der Waals surface area contributed by atoms with Gasteiger partial charge in [-0.15, -0.1) is 0 Å². The highest BCUT2D eigenvalue weighted by Crippen LogP contribution is 2.30. The number of nitrogens with two attached hydrogens (primary N) is 1. The van der Waals surface area contributed by atoms with Crippen molar-refractivity contribution in [2.75, 3.05) is 18.8 Å². The van der Waals surface area contributed by atoms with Crippen molar-refractivity contribution in [1.29, 1.82) is 0 Å². The molecule has 0 aromatic carbocycles. The third-order valence-electron chi connectivity index (χ3n) is 2.87. The maximum atomic E-state index is 12.4. The largest absolute Gasteiger partial charge is 0.412 e. The van der Waals surface area contributed by atoms with Crippen LogP contribution in [0.25, 0.3) is 0 Å². The highest BCUT2D eigenvalue weighted by Gasteiger charge is 2.35. The SMILES string of the molecule is Nc1ccc(C(=O)N2CC=C(C(F)(F)F)CC2)nc1. The molecule has 0 unspecified atom stereocenters. The zero-order chi connectivity index (χ0) is 14.0. The van der Waals surface area contributed by atoms with Crippen molar-refractivity contribution in [1.82, 2.24) is 9.88 Å². The molecule has 0 saturated carbocycles. The Bertz CT molecular complexity index is 508. The minimum Gasteiger partial charge on any atom is -0.397 e. The first-order valence-corrected chi connectivity index (χ1v) is 5.65. The number of nitrogen functional groups attached to an aromatic ring is 1. The molecule has 0 radical (unpaired) electrons. The number of hydrogen-bond donors (Lipinski definition) is 1. The molecular formula is C12H12F3N3O. The van der Waals surface area contributed by atoms with E-state index in [4.69, 9.17) is 5.73 Å². The first-order valence-electron chi connectivity index (χ1n) is 5.65. The minimum absolute atomic E-state index is 0.0379. The molecule has 2 rings (SSSR count). The Balaban J connectivity index is 2.07. The average Bonchev–Trinajstić information content (AvgIpc) is 2.38. The fourth-order valence-corrected chi connectivity index (χ4v) is 1.80. The third-order valence-corrected chi connectivity index (χ3v) is 2.87. The molecule has 4 nitrogen and oxygen atoms in total. The molecule has 0 aliphatic carbocycles. The molecule has 2 heterocycles. The van der Waals surface area contributed by atoms with Crippen LogP contribution in [0.15, 0.2) is 30.0 Å². The Hall–Kier alpha value is -2.05. The summed E-state index contributed by atoms with van der Waals surface area (Å²) in [5, 5.41) is 0. The number of alkyl halides is 3. The molecule has 0 saturated heterocycles. The normalized spacial score (nSPS) is 16.2. The zero-order valence-corrected chi connectivity index (χ0v) is 9.94. The number of rotatable bonds is 1. The van der Waals surface area contributed by atoms with Crippen LogP contribution in [0.4, 0.5) is 18.9 Å². The lowest BCUT2D eigenvalue weighted by atomic mass is 10.1. The summed E-state index contributed by atoms with van der Waals surface area (Å²) in [6.07, 6.45) is -2.12. The topological polar surface area (TPSA) is 59.2 Å². The molecule has 0 fully saturated rings. The van der Waals surface area contributed by atoms with Gasteiger partial charge in [0.1, 0.15) is 5.69 Å². The fraction of sp³-hybridized carbons (Fsp3) is 0.333. The summed E-state index contributed by atoms with van der Waals surface area (Å²) in [4.78, 5) is 17.2. The number of anilines is 1. The molecule has 102 valence electrons. The molecule has 0 atom stereocenters. The first-order chi connectivity index (χ1) is 8.88. The summed E-state index contributed by atoms with van der Waals surface area (Å²) in [5.41, 5.74) is 5.47. The van der Waals surface area contributed by atoms with E-state index in [9.17, 15) is 18.0 Å². The predicted molar refractivity (Wildman–Crippen MR) is 63.3 cm³/mol. The van der Waals surface area contributed by atoms with Gasteiger partial charge in [-0.25, -0.2) is 4.98 Å². The second-order valence-electron chi connectivity index (χ2n) is 4.21. The Morgan fingerprint density at radius 2 is 2.11 bits per heavy atom. The van der Waals surface area contributed by atoms with Crippen LogP contribution in [-0.4, -0.2) is 35.1 Å². The van der Waals surface area contributed by atoms with Gasteiger partial charge in [0.15, 0.2) is 0 Å². The number of aromatic nitrogens is 1. The van der Waals surface area contributed by atoms with Gasteiger partial charge in [0, 0.05) is 18.7 Å². The molecule has 7 heteroatoms. The van der Waals surface area contributed by atoms with Gasteiger partial charge in [-0.2, -0.15) is 13.2 Å². The van der Waals surface area contributed by atoms with Crippen LogP contribution in [0.1, 0.15) is 16.9 Å². The zero-order valence-electron chi connectivity index (χ0n) is 9.94. The van der Waals surface area contributed by atoms with Gasteiger partial charge < -0.3 is 10.6 Å². The van der Waals surface area contributed by atoms with E-state index in [1.807, 2.05) is 0 Å². The Morgan fingerprint density at radius 1 is 1.37 bits per heavy atom. The van der Waals surface area contributed by atoms with Gasteiger partial charge in [-0.1, -0.05) is 6.08 Å². The van der Waals surface area contributed by atoms with E-state index in [0.29, 0.717) is 5.69 Å². The molecule has 1 aromatic rings. The van der Waals surface area contributed by atoms with E-state index in [0.717, 1.165) is 6.08 Å². The average molecular weight is 271 g/mol. The molecule has 1 aliphatic rings. The highest BCUT2D eigenvalue weighted by molar-refractivity contribution is 5.92. The molecule has 0 bridgehead atoms. The molecule has 1 amide bonds. The molecule has 19 heavy (non-hydrogen) atoms. The summed E-state index contributed by atoms with van der Waals surface area (Å²) >= 11 is 0.